The van der Waals surface area contributed by atoms with Crippen molar-refractivity contribution in [3.63, 3.8) is 0 Å². The van der Waals surface area contributed by atoms with Gasteiger partial charge < -0.3 is 5.11 Å². The third-order valence-corrected chi connectivity index (χ3v) is 5.70. The molecule has 1 aliphatic carbocycles. The minimum atomic E-state index is -3.43. The Morgan fingerprint density at radius 1 is 1.29 bits per heavy atom. The number of aliphatic hydroxyl groups excluding tert-OH is 1. The number of hydrogen-bond acceptors (Lipinski definition) is 3. The lowest BCUT2D eigenvalue weighted by Crippen LogP contribution is -2.29. The number of aliphatic hydroxyl groups is 1. The second-order valence-corrected chi connectivity index (χ2v) is 7.43. The number of halogens is 1. The maximum absolute atomic E-state index is 12.4. The van der Waals surface area contributed by atoms with Gasteiger partial charge in [0.1, 0.15) is 6.61 Å². The van der Waals surface area contributed by atoms with Gasteiger partial charge in [0.15, 0.2) is 0 Å². The highest BCUT2D eigenvalue weighted by Gasteiger charge is 2.27. The molecule has 0 atom stereocenters. The topological polar surface area (TPSA) is 66.4 Å². The molecular formula is C15H18ClNO3S. The highest BCUT2D eigenvalue weighted by Crippen LogP contribution is 2.28. The maximum Gasteiger partial charge on any atom is 0.235 e. The molecule has 2 rings (SSSR count). The molecule has 1 aromatic rings. The van der Waals surface area contributed by atoms with Gasteiger partial charge in [-0.1, -0.05) is 42.7 Å². The summed E-state index contributed by atoms with van der Waals surface area (Å²) in [5.41, 5.74) is 0.946. The Balaban J connectivity index is 2.21. The molecule has 0 amide bonds. The number of sulfonamides is 1. The molecule has 114 valence electrons. The van der Waals surface area contributed by atoms with Gasteiger partial charge in [-0.15, -0.1) is 0 Å². The normalized spacial score (nSPS) is 16.1. The first-order valence-corrected chi connectivity index (χ1v) is 8.86. The van der Waals surface area contributed by atoms with Gasteiger partial charge in [0.2, 0.25) is 10.0 Å². The minimum absolute atomic E-state index is 0.244. The van der Waals surface area contributed by atoms with E-state index in [1.54, 1.807) is 18.2 Å². The number of anilines is 1. The Morgan fingerprint density at radius 3 is 2.67 bits per heavy atom. The van der Waals surface area contributed by atoms with Crippen LogP contribution in [0.1, 0.15) is 37.7 Å². The maximum atomic E-state index is 12.4. The van der Waals surface area contributed by atoms with Crippen molar-refractivity contribution in [2.45, 2.75) is 37.4 Å². The molecule has 0 aliphatic heterocycles. The van der Waals surface area contributed by atoms with E-state index in [9.17, 15) is 8.42 Å². The SMILES string of the molecule is O=S(=O)(Nc1cc(C#CCO)ccc1Cl)C1CCCCC1. The van der Waals surface area contributed by atoms with E-state index < -0.39 is 10.0 Å². The fourth-order valence-corrected chi connectivity index (χ4v) is 4.25. The van der Waals surface area contributed by atoms with E-state index in [1.807, 2.05) is 0 Å². The van der Waals surface area contributed by atoms with Gasteiger partial charge in [-0.05, 0) is 31.0 Å². The van der Waals surface area contributed by atoms with Crippen molar-refractivity contribution in [2.24, 2.45) is 0 Å². The molecule has 0 saturated heterocycles. The summed E-state index contributed by atoms with van der Waals surface area (Å²) in [6.07, 6.45) is 4.37. The number of hydrogen-bond donors (Lipinski definition) is 2. The summed E-state index contributed by atoms with van der Waals surface area (Å²) in [5, 5.41) is 8.68. The molecule has 0 spiro atoms. The lowest BCUT2D eigenvalue weighted by molar-refractivity contribution is 0.350. The lowest BCUT2D eigenvalue weighted by atomic mass is 10.0. The van der Waals surface area contributed by atoms with Crippen LogP contribution in [0, 0.1) is 11.8 Å². The largest absolute Gasteiger partial charge is 0.384 e. The number of rotatable bonds is 3. The van der Waals surface area contributed by atoms with Gasteiger partial charge in [0.25, 0.3) is 0 Å². The van der Waals surface area contributed by atoms with Gasteiger partial charge in [-0.3, -0.25) is 4.72 Å². The minimum Gasteiger partial charge on any atom is -0.384 e. The van der Waals surface area contributed by atoms with E-state index in [1.165, 1.54) is 0 Å². The van der Waals surface area contributed by atoms with Crippen LogP contribution >= 0.6 is 11.6 Å². The zero-order chi connectivity index (χ0) is 15.3. The third-order valence-electron chi connectivity index (χ3n) is 3.52. The second kappa shape index (κ2) is 7.17. The highest BCUT2D eigenvalue weighted by atomic mass is 35.5. The van der Waals surface area contributed by atoms with E-state index in [4.69, 9.17) is 16.7 Å². The molecule has 4 nitrogen and oxygen atoms in total. The van der Waals surface area contributed by atoms with Gasteiger partial charge in [-0.25, -0.2) is 8.42 Å². The fraction of sp³-hybridized carbons (Fsp3) is 0.467. The van der Waals surface area contributed by atoms with Gasteiger partial charge in [0, 0.05) is 5.56 Å². The van der Waals surface area contributed by atoms with Gasteiger partial charge in [-0.2, -0.15) is 0 Å². The van der Waals surface area contributed by atoms with Crippen LogP contribution in [-0.4, -0.2) is 25.4 Å². The molecule has 1 fully saturated rings. The van der Waals surface area contributed by atoms with E-state index in [0.717, 1.165) is 19.3 Å². The Bertz CT molecular complexity index is 655. The molecule has 0 unspecified atom stereocenters. The molecule has 1 saturated carbocycles. The van der Waals surface area contributed by atoms with Crippen molar-refractivity contribution in [3.05, 3.63) is 28.8 Å². The number of benzene rings is 1. The average molecular weight is 328 g/mol. The van der Waals surface area contributed by atoms with Crippen molar-refractivity contribution >= 4 is 27.3 Å². The van der Waals surface area contributed by atoms with Crippen molar-refractivity contribution in [1.82, 2.24) is 0 Å². The smallest absolute Gasteiger partial charge is 0.235 e. The first-order chi connectivity index (χ1) is 10.0. The predicted octanol–water partition coefficient (Wildman–Crippen LogP) is 2.76. The quantitative estimate of drug-likeness (QED) is 0.839. The zero-order valence-electron chi connectivity index (χ0n) is 11.6. The van der Waals surface area contributed by atoms with Crippen molar-refractivity contribution in [2.75, 3.05) is 11.3 Å². The lowest BCUT2D eigenvalue weighted by Gasteiger charge is -2.22. The number of nitrogens with one attached hydrogen (secondary N) is 1. The second-order valence-electron chi connectivity index (χ2n) is 5.06. The van der Waals surface area contributed by atoms with Crippen LogP contribution in [0.25, 0.3) is 0 Å². The van der Waals surface area contributed by atoms with E-state index >= 15 is 0 Å². The standard InChI is InChI=1S/C15H18ClNO3S/c16-14-9-8-12(5-4-10-18)11-15(14)17-21(19,20)13-6-2-1-3-7-13/h8-9,11,13,17-18H,1-3,6-7,10H2. The van der Waals surface area contributed by atoms with Crippen molar-refractivity contribution in [3.8, 4) is 11.8 Å². The average Bonchev–Trinajstić information content (AvgIpc) is 2.49. The molecular weight excluding hydrogens is 310 g/mol. The van der Waals surface area contributed by atoms with Crippen LogP contribution in [0.5, 0.6) is 0 Å². The summed E-state index contributed by atoms with van der Waals surface area (Å²) in [6.45, 7) is -0.244. The van der Waals surface area contributed by atoms with Gasteiger partial charge in [0.05, 0.1) is 16.0 Å². The molecule has 1 aromatic carbocycles. The first kappa shape index (κ1) is 16.2. The van der Waals surface area contributed by atoms with E-state index in [0.29, 0.717) is 29.1 Å². The zero-order valence-corrected chi connectivity index (χ0v) is 13.2. The summed E-state index contributed by atoms with van der Waals surface area (Å²) in [6, 6.07) is 4.87. The van der Waals surface area contributed by atoms with E-state index in [-0.39, 0.29) is 11.9 Å². The Kier molecular flexibility index (Phi) is 5.51. The van der Waals surface area contributed by atoms with Crippen LogP contribution in [0.15, 0.2) is 18.2 Å². The van der Waals surface area contributed by atoms with Crippen molar-refractivity contribution in [1.29, 1.82) is 0 Å². The van der Waals surface area contributed by atoms with Crippen LogP contribution in [0.2, 0.25) is 5.02 Å². The van der Waals surface area contributed by atoms with Crippen LogP contribution in [0.3, 0.4) is 0 Å². The summed E-state index contributed by atoms with van der Waals surface area (Å²) >= 11 is 6.05. The summed E-state index contributed by atoms with van der Waals surface area (Å²) in [4.78, 5) is 0. The molecule has 0 heterocycles. The summed E-state index contributed by atoms with van der Waals surface area (Å²) < 4.78 is 27.4. The Morgan fingerprint density at radius 2 is 2.00 bits per heavy atom. The molecule has 0 bridgehead atoms. The van der Waals surface area contributed by atoms with Crippen LogP contribution in [0.4, 0.5) is 5.69 Å². The molecule has 21 heavy (non-hydrogen) atoms. The Labute approximate surface area is 130 Å². The monoisotopic (exact) mass is 327 g/mol. The molecule has 6 heteroatoms. The van der Waals surface area contributed by atoms with Gasteiger partial charge >= 0.3 is 0 Å². The summed E-state index contributed by atoms with van der Waals surface area (Å²) in [7, 11) is -3.43. The van der Waals surface area contributed by atoms with E-state index in [2.05, 4.69) is 16.6 Å². The molecule has 0 radical (unpaired) electrons. The van der Waals surface area contributed by atoms with Crippen molar-refractivity contribution < 1.29 is 13.5 Å². The molecule has 0 aromatic heterocycles. The summed E-state index contributed by atoms with van der Waals surface area (Å²) in [5.74, 6) is 5.26. The first-order valence-electron chi connectivity index (χ1n) is 6.94. The fourth-order valence-electron chi connectivity index (χ4n) is 2.43. The molecule has 1 aliphatic rings. The molecule has 2 N–H and O–H groups in total. The Hall–Kier alpha value is -1.22. The van der Waals surface area contributed by atoms with Crippen LogP contribution in [-0.2, 0) is 10.0 Å². The predicted molar refractivity (Wildman–Crippen MR) is 84.8 cm³/mol. The highest BCUT2D eigenvalue weighted by molar-refractivity contribution is 7.93. The third kappa shape index (κ3) is 4.37. The van der Waals surface area contributed by atoms with Crippen LogP contribution < -0.4 is 4.72 Å².